The number of azide groups is 1. The summed E-state index contributed by atoms with van der Waals surface area (Å²) in [6.07, 6.45) is -1.48. The van der Waals surface area contributed by atoms with E-state index in [0.29, 0.717) is 19.6 Å². The number of carbonyl (C=O) groups excluding carboxylic acids is 3. The molecule has 0 radical (unpaired) electrons. The van der Waals surface area contributed by atoms with Gasteiger partial charge in [-0.2, -0.15) is 0 Å². The largest absolute Gasteiger partial charge is 0.456 e. The molecule has 1 rings (SSSR count). The number of rotatable bonds is 11. The minimum absolute atomic E-state index is 0.321. The highest BCUT2D eigenvalue weighted by Gasteiger charge is 2.50. The molecule has 1 fully saturated rings. The summed E-state index contributed by atoms with van der Waals surface area (Å²) in [5, 5.41) is 3.47. The van der Waals surface area contributed by atoms with Crippen LogP contribution in [0.2, 0.25) is 0 Å². The lowest BCUT2D eigenvalue weighted by Crippen LogP contribution is -2.61. The SMILES string of the molecule is CC(=O)O[C@@H]1[C@@H](OC(C)=O)[C@H](C)O[C@@H](OCCCCCCN=[N+]=[N-])[C@@H]1OC(C)=O. The molecule has 11 heteroatoms. The highest BCUT2D eigenvalue weighted by Crippen LogP contribution is 2.29. The molecule has 0 saturated carbocycles. The van der Waals surface area contributed by atoms with Crippen molar-refractivity contribution in [3.63, 3.8) is 0 Å². The maximum atomic E-state index is 11.6. The van der Waals surface area contributed by atoms with Gasteiger partial charge in [-0.1, -0.05) is 18.0 Å². The van der Waals surface area contributed by atoms with Crippen molar-refractivity contribution in [1.82, 2.24) is 0 Å². The van der Waals surface area contributed by atoms with Gasteiger partial charge in [-0.05, 0) is 25.3 Å². The highest BCUT2D eigenvalue weighted by atomic mass is 16.7. The molecule has 0 aliphatic carbocycles. The molecule has 0 aromatic rings. The molecule has 1 aliphatic heterocycles. The van der Waals surface area contributed by atoms with Crippen LogP contribution in [0.1, 0.15) is 53.4 Å². The van der Waals surface area contributed by atoms with E-state index in [2.05, 4.69) is 10.0 Å². The smallest absolute Gasteiger partial charge is 0.303 e. The maximum Gasteiger partial charge on any atom is 0.303 e. The minimum atomic E-state index is -1.08. The van der Waals surface area contributed by atoms with Crippen molar-refractivity contribution in [3.8, 4) is 0 Å². The molecule has 29 heavy (non-hydrogen) atoms. The fraction of sp³-hybridized carbons (Fsp3) is 0.833. The second-order valence-electron chi connectivity index (χ2n) is 6.67. The Balaban J connectivity index is 2.75. The lowest BCUT2D eigenvalue weighted by molar-refractivity contribution is -0.300. The van der Waals surface area contributed by atoms with Crippen LogP contribution in [0.25, 0.3) is 10.4 Å². The topological polar surface area (TPSA) is 146 Å². The van der Waals surface area contributed by atoms with Gasteiger partial charge in [0.25, 0.3) is 0 Å². The zero-order valence-electron chi connectivity index (χ0n) is 17.2. The third-order valence-electron chi connectivity index (χ3n) is 4.13. The van der Waals surface area contributed by atoms with Crippen LogP contribution >= 0.6 is 0 Å². The number of hydrogen-bond acceptors (Lipinski definition) is 9. The Kier molecular flexibility index (Phi) is 11.0. The summed E-state index contributed by atoms with van der Waals surface area (Å²) in [5.41, 5.74) is 8.23. The first-order valence-electron chi connectivity index (χ1n) is 9.55. The fourth-order valence-corrected chi connectivity index (χ4v) is 2.99. The normalized spacial score (nSPS) is 26.1. The standard InChI is InChI=1S/C18H29N3O8/c1-11-15(27-12(2)22)16(28-13(3)23)17(29-14(4)24)18(26-11)25-10-8-6-5-7-9-20-21-19/h11,15-18H,5-10H2,1-4H3/t11-,15-,16+,17+,18+/m0/s1. The summed E-state index contributed by atoms with van der Waals surface area (Å²) in [5.74, 6) is -1.81. The van der Waals surface area contributed by atoms with E-state index in [1.807, 2.05) is 0 Å². The molecule has 0 aromatic carbocycles. The van der Waals surface area contributed by atoms with Crippen molar-refractivity contribution in [1.29, 1.82) is 0 Å². The van der Waals surface area contributed by atoms with E-state index in [9.17, 15) is 14.4 Å². The minimum Gasteiger partial charge on any atom is -0.456 e. The Morgan fingerprint density at radius 2 is 1.45 bits per heavy atom. The summed E-state index contributed by atoms with van der Waals surface area (Å²) in [6.45, 7) is 6.08. The molecule has 1 saturated heterocycles. The number of ether oxygens (including phenoxy) is 5. The van der Waals surface area contributed by atoms with Gasteiger partial charge in [0.05, 0.1) is 6.10 Å². The molecule has 1 aliphatic rings. The Bertz CT molecular complexity index is 608. The van der Waals surface area contributed by atoms with Crippen LogP contribution in [-0.4, -0.2) is 61.8 Å². The van der Waals surface area contributed by atoms with E-state index in [1.54, 1.807) is 6.92 Å². The summed E-state index contributed by atoms with van der Waals surface area (Å²) in [7, 11) is 0. The van der Waals surface area contributed by atoms with Crippen molar-refractivity contribution < 1.29 is 38.1 Å². The first kappa shape index (κ1) is 24.7. The Morgan fingerprint density at radius 1 is 0.897 bits per heavy atom. The average molecular weight is 415 g/mol. The maximum absolute atomic E-state index is 11.6. The average Bonchev–Trinajstić information content (AvgIpc) is 2.62. The van der Waals surface area contributed by atoms with Crippen LogP contribution in [-0.2, 0) is 38.1 Å². The number of esters is 3. The van der Waals surface area contributed by atoms with E-state index in [-0.39, 0.29) is 0 Å². The van der Waals surface area contributed by atoms with Gasteiger partial charge >= 0.3 is 17.9 Å². The number of carbonyl (C=O) groups is 3. The Labute approximate surface area is 169 Å². The lowest BCUT2D eigenvalue weighted by Gasteiger charge is -2.43. The van der Waals surface area contributed by atoms with Crippen LogP contribution in [0.4, 0.5) is 0 Å². The zero-order chi connectivity index (χ0) is 21.8. The predicted molar refractivity (Wildman–Crippen MR) is 99.4 cm³/mol. The van der Waals surface area contributed by atoms with Crippen molar-refractivity contribution in [2.75, 3.05) is 13.2 Å². The molecule has 0 spiro atoms. The van der Waals surface area contributed by atoms with E-state index >= 15 is 0 Å². The monoisotopic (exact) mass is 415 g/mol. The summed E-state index contributed by atoms with van der Waals surface area (Å²) >= 11 is 0. The molecule has 0 aromatic heterocycles. The molecule has 1 heterocycles. The molecule has 0 unspecified atom stereocenters. The molecule has 0 N–H and O–H groups in total. The van der Waals surface area contributed by atoms with E-state index < -0.39 is 48.6 Å². The van der Waals surface area contributed by atoms with E-state index in [0.717, 1.165) is 19.3 Å². The number of nitrogens with zero attached hydrogens (tertiary/aromatic N) is 3. The fourth-order valence-electron chi connectivity index (χ4n) is 2.99. The highest BCUT2D eigenvalue weighted by molar-refractivity contribution is 5.68. The van der Waals surface area contributed by atoms with Crippen molar-refractivity contribution in [2.24, 2.45) is 5.11 Å². The van der Waals surface area contributed by atoms with Crippen LogP contribution in [0.3, 0.4) is 0 Å². The molecular weight excluding hydrogens is 386 g/mol. The predicted octanol–water partition coefficient (Wildman–Crippen LogP) is 2.41. The molecular formula is C18H29N3O8. The first-order chi connectivity index (χ1) is 13.8. The lowest BCUT2D eigenvalue weighted by atomic mass is 9.99. The third-order valence-corrected chi connectivity index (χ3v) is 4.13. The van der Waals surface area contributed by atoms with Gasteiger partial charge in [-0.3, -0.25) is 14.4 Å². The zero-order valence-corrected chi connectivity index (χ0v) is 17.2. The van der Waals surface area contributed by atoms with Crippen molar-refractivity contribution in [2.45, 2.75) is 84.1 Å². The third kappa shape index (κ3) is 9.12. The van der Waals surface area contributed by atoms with Crippen LogP contribution in [0, 0.1) is 0 Å². The summed E-state index contributed by atoms with van der Waals surface area (Å²) in [6, 6.07) is 0. The van der Waals surface area contributed by atoms with Gasteiger partial charge in [-0.15, -0.1) is 0 Å². The van der Waals surface area contributed by atoms with Crippen LogP contribution in [0.5, 0.6) is 0 Å². The number of hydrogen-bond donors (Lipinski definition) is 0. The van der Waals surface area contributed by atoms with Gasteiger partial charge in [0, 0.05) is 38.8 Å². The van der Waals surface area contributed by atoms with Gasteiger partial charge in [0.15, 0.2) is 24.6 Å². The van der Waals surface area contributed by atoms with Crippen molar-refractivity contribution >= 4 is 17.9 Å². The second kappa shape index (κ2) is 13.0. The molecule has 5 atom stereocenters. The van der Waals surface area contributed by atoms with E-state index in [1.165, 1.54) is 20.8 Å². The Hall–Kier alpha value is -2.36. The molecule has 0 amide bonds. The first-order valence-corrected chi connectivity index (χ1v) is 9.55. The second-order valence-corrected chi connectivity index (χ2v) is 6.67. The van der Waals surface area contributed by atoms with Gasteiger partial charge in [-0.25, -0.2) is 0 Å². The van der Waals surface area contributed by atoms with Gasteiger partial charge in [0.1, 0.15) is 0 Å². The van der Waals surface area contributed by atoms with E-state index in [4.69, 9.17) is 29.2 Å². The molecule has 11 nitrogen and oxygen atoms in total. The summed E-state index contributed by atoms with van der Waals surface area (Å²) in [4.78, 5) is 37.3. The van der Waals surface area contributed by atoms with Gasteiger partial charge in [0.2, 0.25) is 0 Å². The molecule has 164 valence electrons. The quantitative estimate of drug-likeness (QED) is 0.125. The van der Waals surface area contributed by atoms with Crippen LogP contribution < -0.4 is 0 Å². The van der Waals surface area contributed by atoms with Crippen LogP contribution in [0.15, 0.2) is 5.11 Å². The molecule has 0 bridgehead atoms. The van der Waals surface area contributed by atoms with Crippen molar-refractivity contribution in [3.05, 3.63) is 10.4 Å². The summed E-state index contributed by atoms with van der Waals surface area (Å²) < 4.78 is 27.4. The van der Waals surface area contributed by atoms with Gasteiger partial charge < -0.3 is 23.7 Å². The number of unbranched alkanes of at least 4 members (excludes halogenated alkanes) is 3. The Morgan fingerprint density at radius 3 is 2.03 bits per heavy atom.